The Morgan fingerprint density at radius 1 is 1.35 bits per heavy atom. The molecule has 0 spiro atoms. The third kappa shape index (κ3) is 2.56. The average molecular weight is 290 g/mol. The Kier molecular flexibility index (Phi) is 3.98. The van der Waals surface area contributed by atoms with Crippen molar-refractivity contribution in [2.45, 2.75) is 52.6 Å². The van der Waals surface area contributed by atoms with E-state index in [0.29, 0.717) is 6.04 Å². The molecule has 2 aliphatic rings. The Morgan fingerprint density at radius 3 is 3.05 bits per heavy atom. The molecule has 1 unspecified atom stereocenters. The predicted molar refractivity (Wildman–Crippen MR) is 84.2 cm³/mol. The molecule has 0 radical (unpaired) electrons. The molecule has 0 fully saturated rings. The smallest absolute Gasteiger partial charge is 0.160 e. The number of aromatic nitrogens is 3. The van der Waals surface area contributed by atoms with Crippen LogP contribution in [0.25, 0.3) is 5.57 Å². The van der Waals surface area contributed by atoms with E-state index >= 15 is 0 Å². The van der Waals surface area contributed by atoms with Crippen LogP contribution in [0.3, 0.4) is 0 Å². The van der Waals surface area contributed by atoms with Crippen LogP contribution >= 0.6 is 11.8 Å². The number of nitrogens with one attached hydrogen (secondary N) is 1. The molecule has 0 aromatic carbocycles. The van der Waals surface area contributed by atoms with Crippen molar-refractivity contribution in [2.75, 3.05) is 6.54 Å². The molecule has 20 heavy (non-hydrogen) atoms. The van der Waals surface area contributed by atoms with Gasteiger partial charge in [0.05, 0.1) is 6.04 Å². The van der Waals surface area contributed by atoms with Gasteiger partial charge in [-0.15, -0.1) is 10.2 Å². The van der Waals surface area contributed by atoms with Crippen LogP contribution in [0.5, 0.6) is 0 Å². The summed E-state index contributed by atoms with van der Waals surface area (Å²) in [4.78, 5) is 2.77. The first-order valence-corrected chi connectivity index (χ1v) is 8.19. The van der Waals surface area contributed by atoms with Crippen LogP contribution < -0.4 is 5.32 Å². The van der Waals surface area contributed by atoms with Crippen molar-refractivity contribution in [1.82, 2.24) is 20.1 Å². The summed E-state index contributed by atoms with van der Waals surface area (Å²) in [6.45, 7) is 8.54. The molecule has 0 aliphatic carbocycles. The number of fused-ring (bicyclic) bond motifs is 1. The first kappa shape index (κ1) is 13.9. The SMILES string of the molecule is CC1=CCCCC(c2nnc3n2CCNC3C)=C(C)S1. The zero-order valence-corrected chi connectivity index (χ0v) is 13.3. The van der Waals surface area contributed by atoms with Crippen molar-refractivity contribution in [3.8, 4) is 0 Å². The highest BCUT2D eigenvalue weighted by atomic mass is 32.2. The van der Waals surface area contributed by atoms with E-state index in [-0.39, 0.29) is 0 Å². The fourth-order valence-electron chi connectivity index (χ4n) is 2.94. The number of hydrogen-bond acceptors (Lipinski definition) is 4. The minimum atomic E-state index is 0.300. The normalized spacial score (nSPS) is 23.9. The lowest BCUT2D eigenvalue weighted by atomic mass is 10.1. The second-order valence-corrected chi connectivity index (χ2v) is 7.01. The fourth-order valence-corrected chi connectivity index (χ4v) is 3.94. The molecule has 1 atom stereocenters. The Balaban J connectivity index is 2.01. The lowest BCUT2D eigenvalue weighted by molar-refractivity contribution is 0.434. The summed E-state index contributed by atoms with van der Waals surface area (Å²) in [5, 5.41) is 12.4. The van der Waals surface area contributed by atoms with Crippen LogP contribution in [-0.2, 0) is 6.54 Å². The molecule has 1 aromatic rings. The molecule has 4 nitrogen and oxygen atoms in total. The third-order valence-electron chi connectivity index (χ3n) is 4.02. The van der Waals surface area contributed by atoms with Crippen molar-refractivity contribution >= 4 is 17.3 Å². The molecule has 2 aliphatic heterocycles. The van der Waals surface area contributed by atoms with Gasteiger partial charge in [0.1, 0.15) is 5.82 Å². The monoisotopic (exact) mass is 290 g/mol. The van der Waals surface area contributed by atoms with Crippen molar-refractivity contribution < 1.29 is 0 Å². The van der Waals surface area contributed by atoms with E-state index in [2.05, 4.69) is 46.9 Å². The highest BCUT2D eigenvalue weighted by molar-refractivity contribution is 8.06. The lowest BCUT2D eigenvalue weighted by Gasteiger charge is -2.23. The van der Waals surface area contributed by atoms with E-state index in [0.717, 1.165) is 37.6 Å². The van der Waals surface area contributed by atoms with Gasteiger partial charge >= 0.3 is 0 Å². The topological polar surface area (TPSA) is 42.7 Å². The maximum Gasteiger partial charge on any atom is 0.160 e. The van der Waals surface area contributed by atoms with E-state index in [4.69, 9.17) is 0 Å². The van der Waals surface area contributed by atoms with Crippen molar-refractivity contribution in [3.05, 3.63) is 27.5 Å². The lowest BCUT2D eigenvalue weighted by Crippen LogP contribution is -2.32. The summed E-state index contributed by atoms with van der Waals surface area (Å²) in [6, 6.07) is 0.300. The highest BCUT2D eigenvalue weighted by Crippen LogP contribution is 2.36. The van der Waals surface area contributed by atoms with Gasteiger partial charge < -0.3 is 9.88 Å². The van der Waals surface area contributed by atoms with Crippen LogP contribution in [-0.4, -0.2) is 21.3 Å². The highest BCUT2D eigenvalue weighted by Gasteiger charge is 2.24. The van der Waals surface area contributed by atoms with Gasteiger partial charge in [0.25, 0.3) is 0 Å². The second-order valence-electron chi connectivity index (χ2n) is 5.55. The second kappa shape index (κ2) is 5.74. The Labute approximate surface area is 124 Å². The summed E-state index contributed by atoms with van der Waals surface area (Å²) in [5.74, 6) is 2.17. The van der Waals surface area contributed by atoms with Gasteiger partial charge in [0, 0.05) is 18.7 Å². The number of nitrogens with zero attached hydrogens (tertiary/aromatic N) is 3. The molecule has 3 heterocycles. The molecule has 1 N–H and O–H groups in total. The molecular formula is C15H22N4S. The molecule has 0 amide bonds. The summed E-state index contributed by atoms with van der Waals surface area (Å²) < 4.78 is 2.31. The Morgan fingerprint density at radius 2 is 2.20 bits per heavy atom. The number of hydrogen-bond donors (Lipinski definition) is 1. The summed E-state index contributed by atoms with van der Waals surface area (Å²) in [5.41, 5.74) is 1.38. The van der Waals surface area contributed by atoms with Crippen molar-refractivity contribution in [1.29, 1.82) is 0 Å². The molecule has 5 heteroatoms. The number of thioether (sulfide) groups is 1. The van der Waals surface area contributed by atoms with Gasteiger partial charge in [-0.3, -0.25) is 0 Å². The number of rotatable bonds is 1. The quantitative estimate of drug-likeness (QED) is 0.859. The van der Waals surface area contributed by atoms with Crippen LogP contribution in [0, 0.1) is 0 Å². The van der Waals surface area contributed by atoms with E-state index in [1.54, 1.807) is 0 Å². The summed E-state index contributed by atoms with van der Waals surface area (Å²) >= 11 is 1.88. The van der Waals surface area contributed by atoms with E-state index in [1.165, 1.54) is 21.8 Å². The van der Waals surface area contributed by atoms with Gasteiger partial charge in [0.2, 0.25) is 0 Å². The molecule has 0 bridgehead atoms. The van der Waals surface area contributed by atoms with E-state index in [9.17, 15) is 0 Å². The molecule has 108 valence electrons. The molecule has 1 aromatic heterocycles. The van der Waals surface area contributed by atoms with Gasteiger partial charge in [-0.05, 0) is 49.8 Å². The van der Waals surface area contributed by atoms with Crippen LogP contribution in [0.15, 0.2) is 15.9 Å². The summed E-state index contributed by atoms with van der Waals surface area (Å²) in [7, 11) is 0. The molecular weight excluding hydrogens is 268 g/mol. The minimum Gasteiger partial charge on any atom is -0.309 e. The van der Waals surface area contributed by atoms with Gasteiger partial charge in [-0.2, -0.15) is 0 Å². The van der Waals surface area contributed by atoms with Gasteiger partial charge in [0.15, 0.2) is 5.82 Å². The van der Waals surface area contributed by atoms with Gasteiger partial charge in [-0.1, -0.05) is 17.8 Å². The zero-order valence-electron chi connectivity index (χ0n) is 12.4. The summed E-state index contributed by atoms with van der Waals surface area (Å²) in [6.07, 6.45) is 5.80. The van der Waals surface area contributed by atoms with Crippen LogP contribution in [0.4, 0.5) is 0 Å². The average Bonchev–Trinajstić information content (AvgIpc) is 2.82. The fraction of sp³-hybridized carbons (Fsp3) is 0.600. The minimum absolute atomic E-state index is 0.300. The maximum absolute atomic E-state index is 4.50. The first-order chi connectivity index (χ1) is 9.66. The number of allylic oxidation sites excluding steroid dienone is 4. The Bertz CT molecular complexity index is 570. The Hall–Kier alpha value is -1.07. The van der Waals surface area contributed by atoms with Gasteiger partial charge in [-0.25, -0.2) is 0 Å². The molecule has 0 saturated heterocycles. The van der Waals surface area contributed by atoms with E-state index in [1.807, 2.05) is 11.8 Å². The molecule has 3 rings (SSSR count). The predicted octanol–water partition coefficient (Wildman–Crippen LogP) is 3.49. The third-order valence-corrected chi connectivity index (χ3v) is 5.07. The van der Waals surface area contributed by atoms with Crippen LogP contribution in [0.1, 0.15) is 57.7 Å². The first-order valence-electron chi connectivity index (χ1n) is 7.38. The zero-order chi connectivity index (χ0) is 14.1. The van der Waals surface area contributed by atoms with Crippen molar-refractivity contribution in [2.24, 2.45) is 0 Å². The standard InChI is InChI=1S/C15H22N4S/c1-10-6-4-5-7-13(12(3)20-10)15-18-17-14-11(2)16-8-9-19(14)15/h6,11,16H,4-5,7-9H2,1-3H3. The largest absolute Gasteiger partial charge is 0.309 e. The van der Waals surface area contributed by atoms with E-state index < -0.39 is 0 Å². The molecule has 0 saturated carbocycles. The van der Waals surface area contributed by atoms with Crippen molar-refractivity contribution in [3.63, 3.8) is 0 Å². The maximum atomic E-state index is 4.50. The van der Waals surface area contributed by atoms with Crippen LogP contribution in [0.2, 0.25) is 0 Å².